The zero-order valence-electron chi connectivity index (χ0n) is 14.8. The zero-order valence-corrected chi connectivity index (χ0v) is 16.4. The second-order valence-corrected chi connectivity index (χ2v) is 7.11. The standard InChI is InChI=1S/C20H13BrN4O4/c21-13-6-8-14(9-7-13)24-20(27)18(19(26)22-24)12-16-5-2-10-23(16)15-3-1-4-17(11-15)25(28)29/h1-12H,(H,22,26). The molecule has 2 aromatic carbocycles. The number of anilines is 1. The number of amides is 2. The first-order valence-electron chi connectivity index (χ1n) is 8.49. The summed E-state index contributed by atoms with van der Waals surface area (Å²) in [6.07, 6.45) is 3.17. The molecule has 0 bridgehead atoms. The van der Waals surface area contributed by atoms with Crippen molar-refractivity contribution in [2.24, 2.45) is 0 Å². The summed E-state index contributed by atoms with van der Waals surface area (Å²) < 4.78 is 2.52. The average molecular weight is 453 g/mol. The fourth-order valence-electron chi connectivity index (χ4n) is 2.98. The predicted molar refractivity (Wildman–Crippen MR) is 110 cm³/mol. The summed E-state index contributed by atoms with van der Waals surface area (Å²) >= 11 is 3.33. The van der Waals surface area contributed by atoms with E-state index in [2.05, 4.69) is 21.4 Å². The van der Waals surface area contributed by atoms with Gasteiger partial charge in [0.1, 0.15) is 5.57 Å². The Hall–Kier alpha value is -3.72. The Kier molecular flexibility index (Phi) is 4.73. The lowest BCUT2D eigenvalue weighted by atomic mass is 10.2. The molecule has 0 saturated carbocycles. The van der Waals surface area contributed by atoms with Gasteiger partial charge in [-0.05, 0) is 48.5 Å². The largest absolute Gasteiger partial charge is 0.317 e. The van der Waals surface area contributed by atoms with Crippen LogP contribution in [0.3, 0.4) is 0 Å². The Labute approximate surface area is 173 Å². The van der Waals surface area contributed by atoms with Gasteiger partial charge in [0.15, 0.2) is 0 Å². The molecule has 1 aromatic heterocycles. The lowest BCUT2D eigenvalue weighted by Crippen LogP contribution is -2.35. The van der Waals surface area contributed by atoms with Gasteiger partial charge >= 0.3 is 0 Å². The number of benzene rings is 2. The van der Waals surface area contributed by atoms with Gasteiger partial charge in [-0.1, -0.05) is 22.0 Å². The summed E-state index contributed by atoms with van der Waals surface area (Å²) in [6, 6.07) is 16.5. The molecule has 8 nitrogen and oxygen atoms in total. The zero-order chi connectivity index (χ0) is 20.5. The van der Waals surface area contributed by atoms with Crippen LogP contribution in [0.4, 0.5) is 11.4 Å². The van der Waals surface area contributed by atoms with Crippen molar-refractivity contribution in [1.29, 1.82) is 0 Å². The number of hydrogen-bond acceptors (Lipinski definition) is 4. The highest BCUT2D eigenvalue weighted by Gasteiger charge is 2.34. The quantitative estimate of drug-likeness (QED) is 0.283. The maximum absolute atomic E-state index is 12.8. The van der Waals surface area contributed by atoms with Gasteiger partial charge in [-0.15, -0.1) is 0 Å². The summed E-state index contributed by atoms with van der Waals surface area (Å²) in [5.41, 5.74) is 4.09. The van der Waals surface area contributed by atoms with E-state index in [-0.39, 0.29) is 11.3 Å². The number of carbonyl (C=O) groups is 2. The highest BCUT2D eigenvalue weighted by molar-refractivity contribution is 9.10. The van der Waals surface area contributed by atoms with E-state index in [1.165, 1.54) is 23.2 Å². The van der Waals surface area contributed by atoms with Crippen molar-refractivity contribution in [2.75, 3.05) is 5.01 Å². The second-order valence-electron chi connectivity index (χ2n) is 6.20. The van der Waals surface area contributed by atoms with Crippen LogP contribution < -0.4 is 10.4 Å². The van der Waals surface area contributed by atoms with Crippen LogP contribution in [-0.4, -0.2) is 21.3 Å². The van der Waals surface area contributed by atoms with Crippen molar-refractivity contribution in [2.45, 2.75) is 0 Å². The normalized spacial score (nSPS) is 15.1. The van der Waals surface area contributed by atoms with E-state index in [4.69, 9.17) is 0 Å². The fourth-order valence-corrected chi connectivity index (χ4v) is 3.24. The van der Waals surface area contributed by atoms with Gasteiger partial charge in [0.25, 0.3) is 17.5 Å². The maximum atomic E-state index is 12.8. The molecule has 3 aromatic rings. The number of aromatic nitrogens is 1. The number of rotatable bonds is 4. The number of carbonyl (C=O) groups excluding carboxylic acids is 2. The topological polar surface area (TPSA) is 97.5 Å². The summed E-state index contributed by atoms with van der Waals surface area (Å²) in [7, 11) is 0. The first-order chi connectivity index (χ1) is 13.9. The molecule has 2 amide bonds. The third kappa shape index (κ3) is 3.55. The van der Waals surface area contributed by atoms with Crippen molar-refractivity contribution in [3.8, 4) is 5.69 Å². The van der Waals surface area contributed by atoms with Crippen LogP contribution in [0.25, 0.3) is 11.8 Å². The minimum Gasteiger partial charge on any atom is -0.317 e. The highest BCUT2D eigenvalue weighted by Crippen LogP contribution is 2.25. The lowest BCUT2D eigenvalue weighted by Gasteiger charge is -2.14. The molecule has 1 saturated heterocycles. The first kappa shape index (κ1) is 18.6. The van der Waals surface area contributed by atoms with Gasteiger partial charge in [0.05, 0.1) is 16.3 Å². The molecule has 1 fully saturated rings. The Morgan fingerprint density at radius 1 is 1.00 bits per heavy atom. The smallest absolute Gasteiger partial charge is 0.282 e. The van der Waals surface area contributed by atoms with Crippen molar-refractivity contribution in [3.05, 3.63) is 92.7 Å². The van der Waals surface area contributed by atoms with E-state index in [0.29, 0.717) is 17.1 Å². The number of nitro benzene ring substituents is 1. The monoisotopic (exact) mass is 452 g/mol. The number of nitrogens with one attached hydrogen (secondary N) is 1. The van der Waals surface area contributed by atoms with E-state index in [0.717, 1.165) is 4.47 Å². The van der Waals surface area contributed by atoms with E-state index >= 15 is 0 Å². The molecule has 0 radical (unpaired) electrons. The van der Waals surface area contributed by atoms with Crippen LogP contribution in [0.1, 0.15) is 5.69 Å². The fraction of sp³-hybridized carbons (Fsp3) is 0. The Morgan fingerprint density at radius 2 is 1.76 bits per heavy atom. The van der Waals surface area contributed by atoms with Crippen LogP contribution in [0, 0.1) is 10.1 Å². The summed E-state index contributed by atoms with van der Waals surface area (Å²) in [6.45, 7) is 0. The van der Waals surface area contributed by atoms with Crippen molar-refractivity contribution in [3.63, 3.8) is 0 Å². The number of nitro groups is 1. The average Bonchev–Trinajstić information content (AvgIpc) is 3.29. The summed E-state index contributed by atoms with van der Waals surface area (Å²) in [5.74, 6) is -1.01. The molecule has 4 rings (SSSR count). The predicted octanol–water partition coefficient (Wildman–Crippen LogP) is 3.61. The molecule has 0 aliphatic carbocycles. The number of non-ortho nitro benzene ring substituents is 1. The van der Waals surface area contributed by atoms with Crippen molar-refractivity contribution >= 4 is 45.2 Å². The third-order valence-corrected chi connectivity index (χ3v) is 4.90. The van der Waals surface area contributed by atoms with Crippen molar-refractivity contribution < 1.29 is 14.5 Å². The van der Waals surface area contributed by atoms with Crippen LogP contribution in [0.2, 0.25) is 0 Å². The van der Waals surface area contributed by atoms with E-state index in [1.54, 1.807) is 59.3 Å². The van der Waals surface area contributed by atoms with Gasteiger partial charge in [0.2, 0.25) is 0 Å². The Bertz CT molecular complexity index is 1170. The molecular formula is C20H13BrN4O4. The maximum Gasteiger partial charge on any atom is 0.282 e. The number of nitrogens with zero attached hydrogens (tertiary/aromatic N) is 3. The number of hydrazine groups is 1. The SMILES string of the molecule is O=C1NN(c2ccc(Br)cc2)C(=O)C1=Cc1cccn1-c1cccc([N+](=O)[O-])c1. The number of hydrogen-bond donors (Lipinski definition) is 1. The molecule has 0 spiro atoms. The van der Waals surface area contributed by atoms with Crippen molar-refractivity contribution in [1.82, 2.24) is 9.99 Å². The lowest BCUT2D eigenvalue weighted by molar-refractivity contribution is -0.384. The third-order valence-electron chi connectivity index (χ3n) is 4.37. The molecule has 1 aliphatic rings. The molecule has 0 atom stereocenters. The minimum atomic E-state index is -0.523. The molecule has 2 heterocycles. The molecule has 29 heavy (non-hydrogen) atoms. The van der Waals surface area contributed by atoms with Crippen LogP contribution in [-0.2, 0) is 9.59 Å². The minimum absolute atomic E-state index is 0.0294. The molecule has 9 heteroatoms. The van der Waals surface area contributed by atoms with Gasteiger partial charge in [-0.2, -0.15) is 0 Å². The van der Waals surface area contributed by atoms with E-state index in [1.807, 2.05) is 0 Å². The van der Waals surface area contributed by atoms with Gasteiger partial charge < -0.3 is 4.57 Å². The van der Waals surface area contributed by atoms with Crippen LogP contribution in [0.15, 0.2) is 76.9 Å². The van der Waals surface area contributed by atoms with Gasteiger partial charge in [0, 0.05) is 28.5 Å². The number of halogens is 1. The van der Waals surface area contributed by atoms with E-state index in [9.17, 15) is 19.7 Å². The first-order valence-corrected chi connectivity index (χ1v) is 9.28. The van der Waals surface area contributed by atoms with Crippen LogP contribution in [0.5, 0.6) is 0 Å². The Balaban J connectivity index is 1.69. The van der Waals surface area contributed by atoms with Crippen LogP contribution >= 0.6 is 15.9 Å². The molecule has 1 N–H and O–H groups in total. The molecular weight excluding hydrogens is 440 g/mol. The van der Waals surface area contributed by atoms with Gasteiger partial charge in [-0.25, -0.2) is 5.01 Å². The molecule has 144 valence electrons. The highest BCUT2D eigenvalue weighted by atomic mass is 79.9. The summed E-state index contributed by atoms with van der Waals surface area (Å²) in [5, 5.41) is 12.2. The Morgan fingerprint density at radius 3 is 2.48 bits per heavy atom. The second kappa shape index (κ2) is 7.36. The van der Waals surface area contributed by atoms with E-state index < -0.39 is 16.7 Å². The molecule has 0 unspecified atom stereocenters. The van der Waals surface area contributed by atoms with Gasteiger partial charge in [-0.3, -0.25) is 25.1 Å². The summed E-state index contributed by atoms with van der Waals surface area (Å²) in [4.78, 5) is 35.8. The molecule has 1 aliphatic heterocycles.